The minimum absolute atomic E-state index is 0.0867. The smallest absolute Gasteiger partial charge is 0.222 e. The van der Waals surface area contributed by atoms with Gasteiger partial charge in [-0.1, -0.05) is 30.3 Å². The number of rotatable bonds is 5. The second kappa shape index (κ2) is 7.05. The number of likely N-dealkylation sites (tertiary alicyclic amines) is 1. The molecule has 2 rings (SSSR count). The molecule has 0 bridgehead atoms. The Morgan fingerprint density at radius 1 is 1.33 bits per heavy atom. The number of piperidine rings is 1. The average molecular weight is 290 g/mol. The van der Waals surface area contributed by atoms with Gasteiger partial charge in [-0.3, -0.25) is 9.69 Å². The summed E-state index contributed by atoms with van der Waals surface area (Å²) in [5.74, 6) is 0.0867. The lowest BCUT2D eigenvalue weighted by Gasteiger charge is -2.39. The fourth-order valence-electron chi connectivity index (χ4n) is 2.95. The number of hydrogen-bond donors (Lipinski definition) is 1. The molecule has 116 valence electrons. The Hall–Kier alpha value is -1.39. The van der Waals surface area contributed by atoms with Crippen molar-refractivity contribution in [2.24, 2.45) is 0 Å². The third-order valence-corrected chi connectivity index (χ3v) is 4.19. The van der Waals surface area contributed by atoms with Crippen LogP contribution in [-0.2, 0) is 11.3 Å². The zero-order valence-corrected chi connectivity index (χ0v) is 13.1. The molecule has 1 aromatic carbocycles. The van der Waals surface area contributed by atoms with Gasteiger partial charge in [0.25, 0.3) is 0 Å². The molecule has 0 spiro atoms. The van der Waals surface area contributed by atoms with Gasteiger partial charge >= 0.3 is 0 Å². The van der Waals surface area contributed by atoms with Crippen LogP contribution in [0.4, 0.5) is 0 Å². The molecule has 1 amide bonds. The van der Waals surface area contributed by atoms with Crippen LogP contribution in [0.5, 0.6) is 0 Å². The quantitative estimate of drug-likeness (QED) is 0.900. The van der Waals surface area contributed by atoms with Crippen LogP contribution < -0.4 is 0 Å². The van der Waals surface area contributed by atoms with Crippen molar-refractivity contribution in [1.29, 1.82) is 0 Å². The molecule has 21 heavy (non-hydrogen) atoms. The second-order valence-electron chi connectivity index (χ2n) is 6.31. The van der Waals surface area contributed by atoms with Gasteiger partial charge in [-0.15, -0.1) is 0 Å². The van der Waals surface area contributed by atoms with Crippen molar-refractivity contribution in [3.63, 3.8) is 0 Å². The maximum absolute atomic E-state index is 11.7. The molecule has 0 aromatic heterocycles. The summed E-state index contributed by atoms with van der Waals surface area (Å²) < 4.78 is 0. The van der Waals surface area contributed by atoms with E-state index in [1.807, 2.05) is 18.2 Å². The van der Waals surface area contributed by atoms with Gasteiger partial charge in [-0.25, -0.2) is 0 Å². The third kappa shape index (κ3) is 4.83. The van der Waals surface area contributed by atoms with Crippen molar-refractivity contribution < 1.29 is 9.90 Å². The van der Waals surface area contributed by atoms with Gasteiger partial charge in [-0.2, -0.15) is 0 Å². The molecule has 0 radical (unpaired) electrons. The minimum atomic E-state index is -0.724. The standard InChI is InChI=1S/C17H26N2O2/c1-18(2)16(20)9-11-17(21)10-6-12-19(14-17)13-15-7-4-3-5-8-15/h3-5,7-8,21H,6,9-14H2,1-2H3. The molecule has 4 nitrogen and oxygen atoms in total. The van der Waals surface area contributed by atoms with E-state index in [0.717, 1.165) is 25.9 Å². The van der Waals surface area contributed by atoms with Crippen molar-refractivity contribution in [2.75, 3.05) is 27.2 Å². The topological polar surface area (TPSA) is 43.8 Å². The number of carbonyl (C=O) groups excluding carboxylic acids is 1. The molecule has 1 aliphatic rings. The highest BCUT2D eigenvalue weighted by Gasteiger charge is 2.33. The van der Waals surface area contributed by atoms with Crippen molar-refractivity contribution >= 4 is 5.91 Å². The molecule has 1 fully saturated rings. The van der Waals surface area contributed by atoms with Crippen LogP contribution >= 0.6 is 0 Å². The molecule has 1 aliphatic heterocycles. The summed E-state index contributed by atoms with van der Waals surface area (Å²) in [6.07, 6.45) is 2.75. The zero-order chi connectivity index (χ0) is 15.3. The molecule has 0 saturated carbocycles. The van der Waals surface area contributed by atoms with E-state index in [0.29, 0.717) is 19.4 Å². The highest BCUT2D eigenvalue weighted by molar-refractivity contribution is 5.75. The highest BCUT2D eigenvalue weighted by Crippen LogP contribution is 2.27. The van der Waals surface area contributed by atoms with E-state index in [9.17, 15) is 9.90 Å². The normalized spacial score (nSPS) is 23.0. The number of amides is 1. The van der Waals surface area contributed by atoms with Crippen LogP contribution in [0.25, 0.3) is 0 Å². The van der Waals surface area contributed by atoms with Gasteiger partial charge < -0.3 is 10.0 Å². The van der Waals surface area contributed by atoms with E-state index in [1.165, 1.54) is 5.56 Å². The largest absolute Gasteiger partial charge is 0.389 e. The van der Waals surface area contributed by atoms with Crippen LogP contribution in [0.1, 0.15) is 31.2 Å². The zero-order valence-electron chi connectivity index (χ0n) is 13.1. The summed E-state index contributed by atoms with van der Waals surface area (Å²) in [6.45, 7) is 2.53. The molecule has 0 aliphatic carbocycles. The molecular formula is C17H26N2O2. The molecule has 1 saturated heterocycles. The molecule has 1 heterocycles. The average Bonchev–Trinajstić information content (AvgIpc) is 2.46. The lowest BCUT2D eigenvalue weighted by molar-refractivity contribution is -0.130. The van der Waals surface area contributed by atoms with E-state index in [1.54, 1.807) is 19.0 Å². The molecule has 4 heteroatoms. The Bertz CT molecular complexity index is 461. The predicted molar refractivity (Wildman–Crippen MR) is 83.8 cm³/mol. The summed E-state index contributed by atoms with van der Waals surface area (Å²) in [5.41, 5.74) is 0.546. The van der Waals surface area contributed by atoms with Crippen molar-refractivity contribution in [2.45, 2.75) is 37.8 Å². The highest BCUT2D eigenvalue weighted by atomic mass is 16.3. The molecule has 1 N–H and O–H groups in total. The maximum Gasteiger partial charge on any atom is 0.222 e. The van der Waals surface area contributed by atoms with Gasteiger partial charge in [0.2, 0.25) is 5.91 Å². The van der Waals surface area contributed by atoms with Crippen LogP contribution in [0, 0.1) is 0 Å². The first-order valence-corrected chi connectivity index (χ1v) is 7.67. The van der Waals surface area contributed by atoms with Gasteiger partial charge in [-0.05, 0) is 31.4 Å². The third-order valence-electron chi connectivity index (χ3n) is 4.19. The minimum Gasteiger partial charge on any atom is -0.389 e. The van der Waals surface area contributed by atoms with Crippen LogP contribution in [0.3, 0.4) is 0 Å². The van der Waals surface area contributed by atoms with Gasteiger partial charge in [0.05, 0.1) is 5.60 Å². The Morgan fingerprint density at radius 2 is 2.05 bits per heavy atom. The molecular weight excluding hydrogens is 264 g/mol. The van der Waals surface area contributed by atoms with E-state index in [2.05, 4.69) is 17.0 Å². The number of carbonyl (C=O) groups is 1. The summed E-state index contributed by atoms with van der Waals surface area (Å²) in [6, 6.07) is 10.3. The van der Waals surface area contributed by atoms with Crippen molar-refractivity contribution in [3.8, 4) is 0 Å². The first-order chi connectivity index (χ1) is 9.98. The van der Waals surface area contributed by atoms with Crippen molar-refractivity contribution in [1.82, 2.24) is 9.80 Å². The molecule has 1 unspecified atom stereocenters. The van der Waals surface area contributed by atoms with Crippen LogP contribution in [0.2, 0.25) is 0 Å². The monoisotopic (exact) mass is 290 g/mol. The number of aliphatic hydroxyl groups is 1. The van der Waals surface area contributed by atoms with Gasteiger partial charge in [0, 0.05) is 33.6 Å². The number of β-amino-alcohol motifs (C(OH)–C–C–N with tert-alkyl or cyclic N) is 1. The lowest BCUT2D eigenvalue weighted by atomic mass is 9.88. The number of benzene rings is 1. The van der Waals surface area contributed by atoms with E-state index in [4.69, 9.17) is 0 Å². The Kier molecular flexibility index (Phi) is 5.37. The maximum atomic E-state index is 11.7. The SMILES string of the molecule is CN(C)C(=O)CCC1(O)CCCN(Cc2ccccc2)C1. The predicted octanol–water partition coefficient (Wildman–Crippen LogP) is 1.88. The summed E-state index contributed by atoms with van der Waals surface area (Å²) in [7, 11) is 3.52. The number of nitrogens with zero attached hydrogens (tertiary/aromatic N) is 2. The van der Waals surface area contributed by atoms with Crippen molar-refractivity contribution in [3.05, 3.63) is 35.9 Å². The summed E-state index contributed by atoms with van der Waals surface area (Å²) in [5, 5.41) is 10.7. The Labute approximate surface area is 127 Å². The second-order valence-corrected chi connectivity index (χ2v) is 6.31. The summed E-state index contributed by atoms with van der Waals surface area (Å²) in [4.78, 5) is 15.6. The summed E-state index contributed by atoms with van der Waals surface area (Å²) >= 11 is 0. The molecule has 1 aromatic rings. The van der Waals surface area contributed by atoms with Crippen LogP contribution in [-0.4, -0.2) is 53.6 Å². The Morgan fingerprint density at radius 3 is 2.71 bits per heavy atom. The van der Waals surface area contributed by atoms with Gasteiger partial charge in [0.15, 0.2) is 0 Å². The van der Waals surface area contributed by atoms with E-state index >= 15 is 0 Å². The fraction of sp³-hybridized carbons (Fsp3) is 0.588. The Balaban J connectivity index is 1.88. The lowest BCUT2D eigenvalue weighted by Crippen LogP contribution is -2.48. The number of hydrogen-bond acceptors (Lipinski definition) is 3. The fourth-order valence-corrected chi connectivity index (χ4v) is 2.95. The van der Waals surface area contributed by atoms with Gasteiger partial charge in [0.1, 0.15) is 0 Å². The molecule has 1 atom stereocenters. The first kappa shape index (κ1) is 16.0. The van der Waals surface area contributed by atoms with E-state index < -0.39 is 5.60 Å². The first-order valence-electron chi connectivity index (χ1n) is 7.67. The van der Waals surface area contributed by atoms with Crippen LogP contribution in [0.15, 0.2) is 30.3 Å². The van der Waals surface area contributed by atoms with E-state index in [-0.39, 0.29) is 5.91 Å².